The average molecular weight is 494 g/mol. The number of hydrogen-bond acceptors (Lipinski definition) is 6. The number of hydrogen-bond donors (Lipinski definition) is 2. The van der Waals surface area contributed by atoms with Crippen molar-refractivity contribution >= 4 is 29.2 Å². The maximum Gasteiger partial charge on any atom is 0.330 e. The minimum Gasteiger partial charge on any atom is -0.383 e. The molecule has 1 saturated heterocycles. The van der Waals surface area contributed by atoms with Gasteiger partial charge in [0.25, 0.3) is 5.56 Å². The zero-order chi connectivity index (χ0) is 26.0. The van der Waals surface area contributed by atoms with Crippen LogP contribution >= 0.6 is 0 Å². The molecule has 1 fully saturated rings. The molecule has 1 aromatic carbocycles. The van der Waals surface area contributed by atoms with Crippen molar-refractivity contribution in [3.8, 4) is 0 Å². The van der Waals surface area contributed by atoms with Crippen LogP contribution in [-0.4, -0.2) is 44.8 Å². The van der Waals surface area contributed by atoms with Gasteiger partial charge in [-0.15, -0.1) is 0 Å². The summed E-state index contributed by atoms with van der Waals surface area (Å²) in [6.45, 7) is 3.66. The molecule has 3 atom stereocenters. The molecule has 10 heteroatoms. The smallest absolute Gasteiger partial charge is 0.330 e. The molecule has 2 aliphatic rings. The highest BCUT2D eigenvalue weighted by Gasteiger charge is 2.50. The molecule has 10 nitrogen and oxygen atoms in total. The number of imide groups is 1. The molecule has 0 bridgehead atoms. The lowest BCUT2D eigenvalue weighted by molar-refractivity contribution is -0.146. The topological polar surface area (TPSA) is 139 Å². The number of likely N-dealkylation sites (tertiary alicyclic amines) is 1. The Morgan fingerprint density at radius 2 is 1.69 bits per heavy atom. The second kappa shape index (κ2) is 10.3. The highest BCUT2D eigenvalue weighted by molar-refractivity contribution is 6.10. The molecule has 0 radical (unpaired) electrons. The largest absolute Gasteiger partial charge is 0.383 e. The molecule has 3 N–H and O–H groups in total. The van der Waals surface area contributed by atoms with Crippen molar-refractivity contribution in [3.05, 3.63) is 68.9 Å². The van der Waals surface area contributed by atoms with E-state index < -0.39 is 35.0 Å². The number of amides is 3. The van der Waals surface area contributed by atoms with Gasteiger partial charge in [0.15, 0.2) is 5.69 Å². The fraction of sp³-hybridized carbons (Fsp3) is 0.423. The summed E-state index contributed by atoms with van der Waals surface area (Å²) >= 11 is 0. The summed E-state index contributed by atoms with van der Waals surface area (Å²) in [5.74, 6) is -2.44. The summed E-state index contributed by atoms with van der Waals surface area (Å²) in [4.78, 5) is 70.0. The van der Waals surface area contributed by atoms with Gasteiger partial charge in [0.05, 0.1) is 18.4 Å². The minimum atomic E-state index is -1.12. The van der Waals surface area contributed by atoms with E-state index in [1.54, 1.807) is 0 Å². The zero-order valence-electron chi connectivity index (χ0n) is 20.5. The third-order valence-corrected chi connectivity index (χ3v) is 6.96. The first-order chi connectivity index (χ1) is 17.3. The van der Waals surface area contributed by atoms with E-state index in [2.05, 4.69) is 4.98 Å². The predicted molar refractivity (Wildman–Crippen MR) is 135 cm³/mol. The van der Waals surface area contributed by atoms with Gasteiger partial charge in [-0.05, 0) is 31.7 Å². The van der Waals surface area contributed by atoms with E-state index in [4.69, 9.17) is 5.73 Å². The molecular weight excluding hydrogens is 462 g/mol. The van der Waals surface area contributed by atoms with E-state index in [1.165, 1.54) is 16.4 Å². The Bertz CT molecular complexity index is 1290. The first-order valence-electron chi connectivity index (χ1n) is 12.3. The number of anilines is 2. The van der Waals surface area contributed by atoms with Gasteiger partial charge in [0, 0.05) is 6.54 Å². The molecule has 4 rings (SSSR count). The van der Waals surface area contributed by atoms with Crippen LogP contribution in [0.2, 0.25) is 0 Å². The van der Waals surface area contributed by atoms with E-state index >= 15 is 0 Å². The van der Waals surface area contributed by atoms with Crippen LogP contribution in [0.15, 0.2) is 52.1 Å². The van der Waals surface area contributed by atoms with Gasteiger partial charge in [-0.1, -0.05) is 55.8 Å². The Morgan fingerprint density at radius 1 is 1.08 bits per heavy atom. The van der Waals surface area contributed by atoms with E-state index in [9.17, 15) is 24.0 Å². The van der Waals surface area contributed by atoms with Crippen LogP contribution in [0.25, 0.3) is 0 Å². The molecule has 0 saturated carbocycles. The number of carbonyl (C=O) groups excluding carboxylic acids is 3. The molecule has 1 aromatic heterocycles. The molecular formula is C26H31N5O5. The van der Waals surface area contributed by atoms with Crippen LogP contribution in [0.4, 0.5) is 11.5 Å². The number of rotatable bonds is 8. The molecule has 0 unspecified atom stereocenters. The van der Waals surface area contributed by atoms with Gasteiger partial charge in [-0.2, -0.15) is 0 Å². The van der Waals surface area contributed by atoms with Crippen LogP contribution < -0.4 is 21.9 Å². The van der Waals surface area contributed by atoms with Gasteiger partial charge in [-0.25, -0.2) is 4.79 Å². The van der Waals surface area contributed by atoms with Crippen molar-refractivity contribution < 1.29 is 14.4 Å². The van der Waals surface area contributed by atoms with Gasteiger partial charge < -0.3 is 10.6 Å². The second-order valence-electron chi connectivity index (χ2n) is 9.29. The van der Waals surface area contributed by atoms with Crippen LogP contribution in [-0.2, 0) is 20.9 Å². The molecule has 3 amide bonds. The quantitative estimate of drug-likeness (QED) is 0.423. The lowest BCUT2D eigenvalue weighted by Gasteiger charge is -2.30. The van der Waals surface area contributed by atoms with E-state index in [-0.39, 0.29) is 36.4 Å². The number of nitrogens with zero attached hydrogens (tertiary/aromatic N) is 3. The first-order valence-corrected chi connectivity index (χ1v) is 12.3. The van der Waals surface area contributed by atoms with Gasteiger partial charge >= 0.3 is 5.69 Å². The van der Waals surface area contributed by atoms with Gasteiger partial charge in [0.2, 0.25) is 17.7 Å². The average Bonchev–Trinajstić information content (AvgIpc) is 3.13. The number of H-pyrrole nitrogens is 1. The maximum atomic E-state index is 13.8. The van der Waals surface area contributed by atoms with E-state index in [0.29, 0.717) is 19.3 Å². The summed E-state index contributed by atoms with van der Waals surface area (Å²) in [5.41, 5.74) is 5.48. The normalized spacial score (nSPS) is 19.9. The summed E-state index contributed by atoms with van der Waals surface area (Å²) in [7, 11) is 0. The fourth-order valence-corrected chi connectivity index (χ4v) is 4.95. The van der Waals surface area contributed by atoms with E-state index in [1.807, 2.05) is 49.4 Å². The van der Waals surface area contributed by atoms with Crippen molar-refractivity contribution in [2.24, 2.45) is 11.8 Å². The number of carbonyl (C=O) groups is 3. The van der Waals surface area contributed by atoms with E-state index in [0.717, 1.165) is 16.9 Å². The van der Waals surface area contributed by atoms with Crippen LogP contribution in [0.3, 0.4) is 0 Å². The number of nitrogens with two attached hydrogens (primary N) is 1. The van der Waals surface area contributed by atoms with Crippen molar-refractivity contribution in [2.75, 3.05) is 17.2 Å². The Kier molecular flexibility index (Phi) is 7.23. The van der Waals surface area contributed by atoms with Crippen molar-refractivity contribution in [1.29, 1.82) is 0 Å². The van der Waals surface area contributed by atoms with Crippen LogP contribution in [0.1, 0.15) is 45.1 Å². The SMILES string of the molecule is CCCCN(C(=O)[C@H](C)N1C(=O)[C@H]2CC=CC[C@@H]2C1=O)c1c(N)n(Cc2ccccc2)c(=O)[nH]c1=O. The van der Waals surface area contributed by atoms with Crippen molar-refractivity contribution in [2.45, 2.75) is 52.1 Å². The lowest BCUT2D eigenvalue weighted by atomic mass is 9.85. The Balaban J connectivity index is 1.71. The summed E-state index contributed by atoms with van der Waals surface area (Å²) in [6, 6.07) is 7.99. The molecule has 36 heavy (non-hydrogen) atoms. The van der Waals surface area contributed by atoms with Crippen LogP contribution in [0, 0.1) is 11.8 Å². The van der Waals surface area contributed by atoms with Gasteiger partial charge in [0.1, 0.15) is 11.9 Å². The molecule has 1 aliphatic heterocycles. The second-order valence-corrected chi connectivity index (χ2v) is 9.29. The third-order valence-electron chi connectivity index (χ3n) is 6.96. The molecule has 190 valence electrons. The molecule has 2 heterocycles. The Labute approximate surface area is 208 Å². The van der Waals surface area contributed by atoms with Crippen molar-refractivity contribution in [3.63, 3.8) is 0 Å². The predicted octanol–water partition coefficient (Wildman–Crippen LogP) is 1.64. The summed E-state index contributed by atoms with van der Waals surface area (Å²) in [5, 5.41) is 0. The molecule has 0 spiro atoms. The number of benzene rings is 1. The summed E-state index contributed by atoms with van der Waals surface area (Å²) in [6.07, 6.45) is 5.95. The monoisotopic (exact) mass is 493 g/mol. The third kappa shape index (κ3) is 4.50. The summed E-state index contributed by atoms with van der Waals surface area (Å²) < 4.78 is 1.20. The fourth-order valence-electron chi connectivity index (χ4n) is 4.95. The Hall–Kier alpha value is -3.95. The standard InChI is InChI=1S/C26H31N5O5/c1-3-4-14-29(23(33)16(2)31-24(34)18-12-8-9-13-19(18)25(31)35)20-21(27)30(26(36)28-22(20)32)15-17-10-6-5-7-11-17/h5-11,16,18-19H,3-4,12-15,27H2,1-2H3,(H,28,32,36)/t16-,18-,19-/m0/s1. The number of nitrogens with one attached hydrogen (secondary N) is 1. The maximum absolute atomic E-state index is 13.8. The minimum absolute atomic E-state index is 0.0973. The first kappa shape index (κ1) is 25.2. The van der Waals surface area contributed by atoms with Crippen LogP contribution in [0.5, 0.6) is 0 Å². The number of aromatic nitrogens is 2. The Morgan fingerprint density at radius 3 is 2.28 bits per heavy atom. The number of nitrogen functional groups attached to an aromatic ring is 1. The highest BCUT2D eigenvalue weighted by atomic mass is 16.2. The molecule has 2 aromatic rings. The number of aromatic amines is 1. The lowest BCUT2D eigenvalue weighted by Crippen LogP contribution is -2.52. The number of allylic oxidation sites excluding steroid dienone is 2. The molecule has 1 aliphatic carbocycles. The van der Waals surface area contributed by atoms with Crippen molar-refractivity contribution in [1.82, 2.24) is 14.5 Å². The van der Waals surface area contributed by atoms with Gasteiger partial charge in [-0.3, -0.25) is 33.6 Å². The number of unbranched alkanes of at least 4 members (excludes halogenated alkanes) is 1. The highest BCUT2D eigenvalue weighted by Crippen LogP contribution is 2.36. The number of fused-ring (bicyclic) bond motifs is 1. The zero-order valence-corrected chi connectivity index (χ0v) is 20.5.